The van der Waals surface area contributed by atoms with Crippen molar-refractivity contribution in [3.63, 3.8) is 0 Å². The quantitative estimate of drug-likeness (QED) is 0.540. The summed E-state index contributed by atoms with van der Waals surface area (Å²) in [5.41, 5.74) is 1.21. The Balaban J connectivity index is 1.58. The molecule has 0 aliphatic heterocycles. The summed E-state index contributed by atoms with van der Waals surface area (Å²) in [7, 11) is 0. The van der Waals surface area contributed by atoms with Crippen LogP contribution < -0.4 is 10.3 Å². The Bertz CT molecular complexity index is 1140. The molecular formula is C21H17FN2O3S. The molecule has 4 rings (SSSR count). The van der Waals surface area contributed by atoms with Gasteiger partial charge in [0.05, 0.1) is 18.3 Å². The minimum absolute atomic E-state index is 0.0585. The SMILES string of the molecule is O=c1c2c(-c3ccc(F)cc3)csc2ncn1CC(O)COc1ccccc1. The van der Waals surface area contributed by atoms with Gasteiger partial charge >= 0.3 is 0 Å². The zero-order chi connectivity index (χ0) is 19.5. The van der Waals surface area contributed by atoms with Crippen molar-refractivity contribution in [1.29, 1.82) is 0 Å². The highest BCUT2D eigenvalue weighted by Gasteiger charge is 2.15. The number of rotatable bonds is 6. The number of para-hydroxylation sites is 1. The number of halogens is 1. The highest BCUT2D eigenvalue weighted by molar-refractivity contribution is 7.17. The number of hydrogen-bond donors (Lipinski definition) is 1. The van der Waals surface area contributed by atoms with E-state index < -0.39 is 6.10 Å². The first-order chi connectivity index (χ1) is 13.6. The monoisotopic (exact) mass is 396 g/mol. The Kier molecular flexibility index (Phi) is 5.18. The maximum Gasteiger partial charge on any atom is 0.262 e. The van der Waals surface area contributed by atoms with Crippen LogP contribution in [0.1, 0.15) is 0 Å². The Morgan fingerprint density at radius 2 is 1.89 bits per heavy atom. The molecule has 0 saturated carbocycles. The summed E-state index contributed by atoms with van der Waals surface area (Å²) in [4.78, 5) is 17.9. The number of benzene rings is 2. The number of fused-ring (bicyclic) bond motifs is 1. The van der Waals surface area contributed by atoms with Gasteiger partial charge in [-0.05, 0) is 29.8 Å². The first-order valence-corrected chi connectivity index (χ1v) is 9.58. The van der Waals surface area contributed by atoms with Crippen molar-refractivity contribution in [3.8, 4) is 16.9 Å². The van der Waals surface area contributed by atoms with Gasteiger partial charge in [0.15, 0.2) is 0 Å². The molecule has 5 nitrogen and oxygen atoms in total. The van der Waals surface area contributed by atoms with Gasteiger partial charge in [0, 0.05) is 10.9 Å². The number of thiophene rings is 1. The van der Waals surface area contributed by atoms with Crippen molar-refractivity contribution in [2.75, 3.05) is 6.61 Å². The molecule has 1 N–H and O–H groups in total. The first kappa shape index (κ1) is 18.3. The average molecular weight is 396 g/mol. The predicted molar refractivity (Wildman–Crippen MR) is 107 cm³/mol. The number of aliphatic hydroxyl groups excluding tert-OH is 1. The molecule has 2 aromatic carbocycles. The summed E-state index contributed by atoms with van der Waals surface area (Å²) in [5, 5.41) is 12.6. The van der Waals surface area contributed by atoms with Crippen molar-refractivity contribution in [2.45, 2.75) is 12.6 Å². The van der Waals surface area contributed by atoms with E-state index in [0.717, 1.165) is 5.56 Å². The Morgan fingerprint density at radius 1 is 1.14 bits per heavy atom. The van der Waals surface area contributed by atoms with Crippen LogP contribution in [-0.4, -0.2) is 27.4 Å². The average Bonchev–Trinajstić information content (AvgIpc) is 3.15. The van der Waals surface area contributed by atoms with Crippen LogP contribution in [0.4, 0.5) is 4.39 Å². The Hall–Kier alpha value is -3.03. The number of hydrogen-bond acceptors (Lipinski definition) is 5. The molecular weight excluding hydrogens is 379 g/mol. The molecule has 0 bridgehead atoms. The van der Waals surface area contributed by atoms with E-state index in [9.17, 15) is 14.3 Å². The second-order valence-electron chi connectivity index (χ2n) is 6.32. The largest absolute Gasteiger partial charge is 0.491 e. The van der Waals surface area contributed by atoms with E-state index >= 15 is 0 Å². The van der Waals surface area contributed by atoms with Crippen molar-refractivity contribution >= 4 is 21.6 Å². The number of nitrogens with zero attached hydrogens (tertiary/aromatic N) is 2. The van der Waals surface area contributed by atoms with Crippen LogP contribution in [-0.2, 0) is 6.54 Å². The van der Waals surface area contributed by atoms with Crippen LogP contribution >= 0.6 is 11.3 Å². The lowest BCUT2D eigenvalue weighted by molar-refractivity contribution is 0.0915. The predicted octanol–water partition coefficient (Wildman–Crippen LogP) is 3.70. The van der Waals surface area contributed by atoms with Crippen LogP contribution in [0, 0.1) is 5.82 Å². The second-order valence-corrected chi connectivity index (χ2v) is 7.17. The summed E-state index contributed by atoms with van der Waals surface area (Å²) < 4.78 is 20.1. The topological polar surface area (TPSA) is 64.4 Å². The zero-order valence-corrected chi connectivity index (χ0v) is 15.6. The molecule has 0 aliphatic rings. The molecule has 1 unspecified atom stereocenters. The lowest BCUT2D eigenvalue weighted by Gasteiger charge is -2.14. The van der Waals surface area contributed by atoms with Gasteiger partial charge in [0.1, 0.15) is 29.1 Å². The second kappa shape index (κ2) is 7.92. The van der Waals surface area contributed by atoms with E-state index in [1.54, 1.807) is 24.3 Å². The minimum atomic E-state index is -0.870. The fraction of sp³-hybridized carbons (Fsp3) is 0.143. The molecule has 2 heterocycles. The summed E-state index contributed by atoms with van der Waals surface area (Å²) in [6, 6.07) is 15.2. The van der Waals surface area contributed by atoms with Crippen molar-refractivity contribution in [2.24, 2.45) is 0 Å². The van der Waals surface area contributed by atoms with Crippen molar-refractivity contribution < 1.29 is 14.2 Å². The molecule has 0 aliphatic carbocycles. The molecule has 0 spiro atoms. The van der Waals surface area contributed by atoms with Crippen LogP contribution in [0.5, 0.6) is 5.75 Å². The third kappa shape index (κ3) is 3.81. The Morgan fingerprint density at radius 3 is 2.64 bits per heavy atom. The van der Waals surface area contributed by atoms with Crippen molar-refractivity contribution in [3.05, 3.63) is 82.5 Å². The maximum atomic E-state index is 13.2. The normalized spacial score (nSPS) is 12.2. The van der Waals surface area contributed by atoms with Gasteiger partial charge in [-0.25, -0.2) is 9.37 Å². The molecule has 28 heavy (non-hydrogen) atoms. The molecule has 0 radical (unpaired) electrons. The van der Waals surface area contributed by atoms with Gasteiger partial charge in [0.25, 0.3) is 5.56 Å². The van der Waals surface area contributed by atoms with Crippen LogP contribution in [0.25, 0.3) is 21.3 Å². The summed E-state index contributed by atoms with van der Waals surface area (Å²) in [6.45, 7) is 0.121. The smallest absolute Gasteiger partial charge is 0.262 e. The van der Waals surface area contributed by atoms with Crippen LogP contribution in [0.3, 0.4) is 0 Å². The Labute approximate surface area is 164 Å². The van der Waals surface area contributed by atoms with Crippen LogP contribution in [0.2, 0.25) is 0 Å². The first-order valence-electron chi connectivity index (χ1n) is 8.70. The number of aromatic nitrogens is 2. The third-order valence-electron chi connectivity index (χ3n) is 4.31. The highest BCUT2D eigenvalue weighted by atomic mass is 32.1. The summed E-state index contributed by atoms with van der Waals surface area (Å²) in [6.07, 6.45) is 0.562. The van der Waals surface area contributed by atoms with E-state index in [-0.39, 0.29) is 24.5 Å². The molecule has 0 amide bonds. The molecule has 2 aromatic heterocycles. The van der Waals surface area contributed by atoms with Crippen LogP contribution in [0.15, 0.2) is 71.1 Å². The molecule has 0 saturated heterocycles. The van der Waals surface area contributed by atoms with E-state index in [1.165, 1.54) is 34.4 Å². The standard InChI is InChI=1S/C21H17FN2O3S/c22-15-8-6-14(7-9-15)18-12-28-20-19(18)21(26)24(13-23-20)10-16(25)11-27-17-4-2-1-3-5-17/h1-9,12-13,16,25H,10-11H2. The molecule has 142 valence electrons. The zero-order valence-electron chi connectivity index (χ0n) is 14.8. The van der Waals surface area contributed by atoms with E-state index in [4.69, 9.17) is 4.74 Å². The number of aliphatic hydroxyl groups is 1. The molecule has 7 heteroatoms. The maximum absolute atomic E-state index is 13.2. The van der Waals surface area contributed by atoms with E-state index in [0.29, 0.717) is 21.5 Å². The summed E-state index contributed by atoms with van der Waals surface area (Å²) in [5.74, 6) is 0.319. The van der Waals surface area contributed by atoms with Gasteiger partial charge in [-0.2, -0.15) is 0 Å². The minimum Gasteiger partial charge on any atom is -0.491 e. The third-order valence-corrected chi connectivity index (χ3v) is 5.20. The van der Waals surface area contributed by atoms with E-state index in [2.05, 4.69) is 4.98 Å². The van der Waals surface area contributed by atoms with Gasteiger partial charge in [-0.15, -0.1) is 11.3 Å². The van der Waals surface area contributed by atoms with Gasteiger partial charge in [0.2, 0.25) is 0 Å². The van der Waals surface area contributed by atoms with Crippen molar-refractivity contribution in [1.82, 2.24) is 9.55 Å². The fourth-order valence-electron chi connectivity index (χ4n) is 2.93. The lowest BCUT2D eigenvalue weighted by atomic mass is 10.1. The van der Waals surface area contributed by atoms with E-state index in [1.807, 2.05) is 23.6 Å². The van der Waals surface area contributed by atoms with Gasteiger partial charge in [-0.3, -0.25) is 9.36 Å². The highest BCUT2D eigenvalue weighted by Crippen LogP contribution is 2.30. The molecule has 0 fully saturated rings. The summed E-state index contributed by atoms with van der Waals surface area (Å²) >= 11 is 1.36. The lowest BCUT2D eigenvalue weighted by Crippen LogP contribution is -2.30. The molecule has 1 atom stereocenters. The van der Waals surface area contributed by atoms with Gasteiger partial charge < -0.3 is 9.84 Å². The number of ether oxygens (including phenoxy) is 1. The van der Waals surface area contributed by atoms with Gasteiger partial charge in [-0.1, -0.05) is 30.3 Å². The fourth-order valence-corrected chi connectivity index (χ4v) is 3.83. The molecule has 4 aromatic rings.